The van der Waals surface area contributed by atoms with Gasteiger partial charge in [-0.15, -0.1) is 10.2 Å². The minimum absolute atomic E-state index is 0.00816. The molecular weight excluding hydrogens is 348 g/mol. The summed E-state index contributed by atoms with van der Waals surface area (Å²) in [4.78, 5) is 17.0. The largest absolute Gasteiger partial charge is 0.416 e. The van der Waals surface area contributed by atoms with Crippen molar-refractivity contribution in [1.29, 1.82) is 0 Å². The van der Waals surface area contributed by atoms with Crippen molar-refractivity contribution in [2.45, 2.75) is 25.2 Å². The van der Waals surface area contributed by atoms with Gasteiger partial charge >= 0.3 is 6.18 Å². The van der Waals surface area contributed by atoms with E-state index in [1.165, 1.54) is 7.05 Å². The van der Waals surface area contributed by atoms with Crippen LogP contribution in [0.4, 0.5) is 23.4 Å². The van der Waals surface area contributed by atoms with E-state index in [0.717, 1.165) is 34.6 Å². The van der Waals surface area contributed by atoms with Crippen LogP contribution in [0.5, 0.6) is 0 Å². The standard InChI is InChI=1S/C14H13F4N4OS/c1-8(15)3-4-11-20-21-12(24-11)13(23)22(2)10-7-9(5-6-19-10)14(16,17)18/h5-8H,1,3-4H2,2H3. The van der Waals surface area contributed by atoms with Crippen molar-refractivity contribution in [2.24, 2.45) is 0 Å². The van der Waals surface area contributed by atoms with E-state index in [2.05, 4.69) is 22.1 Å². The molecule has 2 aromatic rings. The van der Waals surface area contributed by atoms with Gasteiger partial charge < -0.3 is 0 Å². The van der Waals surface area contributed by atoms with E-state index in [4.69, 9.17) is 0 Å². The van der Waals surface area contributed by atoms with Crippen molar-refractivity contribution >= 4 is 23.1 Å². The van der Waals surface area contributed by atoms with Gasteiger partial charge in [-0.2, -0.15) is 13.2 Å². The lowest BCUT2D eigenvalue weighted by atomic mass is 10.2. The predicted molar refractivity (Wildman–Crippen MR) is 80.5 cm³/mol. The van der Waals surface area contributed by atoms with Gasteiger partial charge in [-0.05, 0) is 25.5 Å². The fourth-order valence-corrected chi connectivity index (χ4v) is 2.58. The summed E-state index contributed by atoms with van der Waals surface area (Å²) < 4.78 is 50.9. The zero-order valence-corrected chi connectivity index (χ0v) is 13.4. The number of hydrogen-bond donors (Lipinski definition) is 0. The third-order valence-electron chi connectivity index (χ3n) is 3.04. The normalized spacial score (nSPS) is 12.9. The molecule has 0 fully saturated rings. The van der Waals surface area contributed by atoms with Crippen LogP contribution < -0.4 is 4.90 Å². The first-order valence-electron chi connectivity index (χ1n) is 6.79. The first-order chi connectivity index (χ1) is 11.2. The zero-order valence-electron chi connectivity index (χ0n) is 12.5. The van der Waals surface area contributed by atoms with E-state index < -0.39 is 23.8 Å². The average Bonchev–Trinajstić information content (AvgIpc) is 2.99. The maximum absolute atomic E-state index is 12.7. The van der Waals surface area contributed by atoms with E-state index in [0.29, 0.717) is 5.01 Å². The molecule has 0 saturated carbocycles. The number of nitrogens with zero attached hydrogens (tertiary/aromatic N) is 4. The minimum atomic E-state index is -4.53. The van der Waals surface area contributed by atoms with Crippen molar-refractivity contribution in [2.75, 3.05) is 11.9 Å². The van der Waals surface area contributed by atoms with Gasteiger partial charge in [-0.3, -0.25) is 9.69 Å². The molecule has 2 aromatic heterocycles. The third-order valence-corrected chi connectivity index (χ3v) is 4.01. The van der Waals surface area contributed by atoms with E-state index in [1.54, 1.807) is 0 Å². The SMILES string of the molecule is [CH2]C(F)CCc1nnc(C(=O)N(C)c2cc(C(F)(F)F)ccn2)s1. The van der Waals surface area contributed by atoms with E-state index in [-0.39, 0.29) is 23.7 Å². The lowest BCUT2D eigenvalue weighted by molar-refractivity contribution is -0.137. The maximum atomic E-state index is 12.7. The molecule has 0 aliphatic heterocycles. The molecule has 0 spiro atoms. The van der Waals surface area contributed by atoms with E-state index in [1.807, 2.05) is 0 Å². The molecule has 0 aromatic carbocycles. The van der Waals surface area contributed by atoms with Gasteiger partial charge in [-0.25, -0.2) is 9.37 Å². The smallest absolute Gasteiger partial charge is 0.294 e. The highest BCUT2D eigenvalue weighted by Crippen LogP contribution is 2.30. The molecular formula is C14H13F4N4OS. The number of rotatable bonds is 5. The van der Waals surface area contributed by atoms with Gasteiger partial charge in [0, 0.05) is 19.7 Å². The Morgan fingerprint density at radius 2 is 2.12 bits per heavy atom. The van der Waals surface area contributed by atoms with Crippen LogP contribution in [0, 0.1) is 6.92 Å². The Hall–Kier alpha value is -2.10. The van der Waals surface area contributed by atoms with Crippen LogP contribution in [-0.4, -0.2) is 34.3 Å². The monoisotopic (exact) mass is 361 g/mol. The lowest BCUT2D eigenvalue weighted by Gasteiger charge is -2.16. The number of aryl methyl sites for hydroxylation is 1. The Morgan fingerprint density at radius 1 is 1.42 bits per heavy atom. The second kappa shape index (κ2) is 7.20. The van der Waals surface area contributed by atoms with Crippen molar-refractivity contribution in [1.82, 2.24) is 15.2 Å². The minimum Gasteiger partial charge on any atom is -0.294 e. The van der Waals surface area contributed by atoms with E-state index in [9.17, 15) is 22.4 Å². The van der Waals surface area contributed by atoms with Gasteiger partial charge in [0.15, 0.2) is 0 Å². The molecule has 1 amide bonds. The first kappa shape index (κ1) is 18.2. The molecule has 1 atom stereocenters. The number of aromatic nitrogens is 3. The van der Waals surface area contributed by atoms with Crippen LogP contribution in [0.25, 0.3) is 0 Å². The average molecular weight is 361 g/mol. The number of halogens is 4. The van der Waals surface area contributed by atoms with Crippen LogP contribution in [0.1, 0.15) is 26.8 Å². The zero-order chi connectivity index (χ0) is 17.9. The molecule has 0 bridgehead atoms. The lowest BCUT2D eigenvalue weighted by Crippen LogP contribution is -2.27. The molecule has 5 nitrogen and oxygen atoms in total. The van der Waals surface area contributed by atoms with Gasteiger partial charge in [0.05, 0.1) is 5.56 Å². The fourth-order valence-electron chi connectivity index (χ4n) is 1.75. The Morgan fingerprint density at radius 3 is 2.75 bits per heavy atom. The number of alkyl halides is 4. The molecule has 0 N–H and O–H groups in total. The van der Waals surface area contributed by atoms with Crippen LogP contribution in [-0.2, 0) is 12.6 Å². The Bertz CT molecular complexity index is 717. The van der Waals surface area contributed by atoms with Gasteiger partial charge in [0.25, 0.3) is 5.91 Å². The Balaban J connectivity index is 2.15. The summed E-state index contributed by atoms with van der Waals surface area (Å²) in [5.74, 6) is -0.801. The number of carbonyl (C=O) groups is 1. The summed E-state index contributed by atoms with van der Waals surface area (Å²) in [6.07, 6.45) is -4.38. The topological polar surface area (TPSA) is 59.0 Å². The second-order valence-corrected chi connectivity index (χ2v) is 5.96. The van der Waals surface area contributed by atoms with Crippen LogP contribution in [0.2, 0.25) is 0 Å². The number of amides is 1. The van der Waals surface area contributed by atoms with Crippen LogP contribution >= 0.6 is 11.3 Å². The highest BCUT2D eigenvalue weighted by molar-refractivity contribution is 7.13. The molecule has 129 valence electrons. The summed E-state index contributed by atoms with van der Waals surface area (Å²) >= 11 is 0.958. The van der Waals surface area contributed by atoms with E-state index >= 15 is 0 Å². The first-order valence-corrected chi connectivity index (χ1v) is 7.61. The summed E-state index contributed by atoms with van der Waals surface area (Å²) in [5, 5.41) is 7.91. The van der Waals surface area contributed by atoms with Crippen molar-refractivity contribution in [3.8, 4) is 0 Å². The number of carbonyl (C=O) groups excluding carboxylic acids is 1. The van der Waals surface area contributed by atoms with Crippen LogP contribution in [0.3, 0.4) is 0 Å². The Kier molecular flexibility index (Phi) is 5.47. The number of anilines is 1. The molecule has 0 saturated heterocycles. The van der Waals surface area contributed by atoms with Crippen LogP contribution in [0.15, 0.2) is 18.3 Å². The second-order valence-electron chi connectivity index (χ2n) is 4.90. The highest BCUT2D eigenvalue weighted by Gasteiger charge is 2.31. The van der Waals surface area contributed by atoms with Gasteiger partial charge in [0.1, 0.15) is 17.0 Å². The quantitative estimate of drug-likeness (QED) is 0.767. The molecule has 0 aliphatic rings. The van der Waals surface area contributed by atoms with Crippen molar-refractivity contribution < 1.29 is 22.4 Å². The molecule has 2 heterocycles. The number of pyridine rings is 1. The third kappa shape index (κ3) is 4.47. The molecule has 0 aliphatic carbocycles. The van der Waals surface area contributed by atoms with Gasteiger partial charge in [-0.1, -0.05) is 11.3 Å². The summed E-state index contributed by atoms with van der Waals surface area (Å²) in [6, 6.07) is 1.59. The number of hydrogen-bond acceptors (Lipinski definition) is 5. The van der Waals surface area contributed by atoms with Crippen molar-refractivity contribution in [3.63, 3.8) is 0 Å². The van der Waals surface area contributed by atoms with Crippen molar-refractivity contribution in [3.05, 3.63) is 40.8 Å². The summed E-state index contributed by atoms with van der Waals surface area (Å²) in [6.45, 7) is 3.21. The summed E-state index contributed by atoms with van der Waals surface area (Å²) in [5.41, 5.74) is -0.908. The summed E-state index contributed by atoms with van der Waals surface area (Å²) in [7, 11) is 1.29. The maximum Gasteiger partial charge on any atom is 0.416 e. The highest BCUT2D eigenvalue weighted by atomic mass is 32.1. The molecule has 2 rings (SSSR count). The predicted octanol–water partition coefficient (Wildman–Crippen LogP) is 3.33. The molecule has 1 unspecified atom stereocenters. The molecule has 1 radical (unpaired) electrons. The van der Waals surface area contributed by atoms with Gasteiger partial charge in [0.2, 0.25) is 5.01 Å². The fraction of sp³-hybridized carbons (Fsp3) is 0.357. The molecule has 10 heteroatoms. The Labute approximate surface area is 139 Å². The molecule has 24 heavy (non-hydrogen) atoms.